The molecule has 2 bridgehead atoms. The highest BCUT2D eigenvalue weighted by atomic mass is 16.5. The van der Waals surface area contributed by atoms with Gasteiger partial charge in [0.25, 0.3) is 0 Å². The molecule has 0 aromatic heterocycles. The lowest BCUT2D eigenvalue weighted by Crippen LogP contribution is -2.46. The monoisotopic (exact) mass is 402 g/mol. The maximum Gasteiger partial charge on any atom is 0.362 e. The van der Waals surface area contributed by atoms with Gasteiger partial charge in [-0.3, -0.25) is 4.79 Å². The van der Waals surface area contributed by atoms with Crippen LogP contribution in [-0.2, 0) is 25.7 Å². The lowest BCUT2D eigenvalue weighted by Gasteiger charge is -2.38. The van der Waals surface area contributed by atoms with Crippen LogP contribution in [0.3, 0.4) is 0 Å². The van der Waals surface area contributed by atoms with E-state index in [-0.39, 0.29) is 42.0 Å². The molecule has 3 atom stereocenters. The number of fused-ring (bicyclic) bond motifs is 2. The van der Waals surface area contributed by atoms with Crippen LogP contribution in [0, 0.1) is 16.7 Å². The van der Waals surface area contributed by atoms with Gasteiger partial charge in [-0.2, -0.15) is 0 Å². The molecule has 160 valence electrons. The predicted molar refractivity (Wildman–Crippen MR) is 112 cm³/mol. The maximum absolute atomic E-state index is 12.5. The van der Waals surface area contributed by atoms with Gasteiger partial charge in [0.15, 0.2) is 6.54 Å². The summed E-state index contributed by atoms with van der Waals surface area (Å²) in [7, 11) is 3.89. The molecule has 29 heavy (non-hydrogen) atoms. The van der Waals surface area contributed by atoms with Crippen molar-refractivity contribution in [3.63, 3.8) is 0 Å². The van der Waals surface area contributed by atoms with E-state index in [4.69, 9.17) is 9.47 Å². The number of likely N-dealkylation sites (N-methyl/N-ethyl adjacent to an activating group) is 1. The average Bonchev–Trinajstić information content (AvgIpc) is 2.99. The number of rotatable bonds is 8. The lowest BCUT2D eigenvalue weighted by molar-refractivity contribution is -0.882. The van der Waals surface area contributed by atoms with Crippen molar-refractivity contribution in [2.75, 3.05) is 27.2 Å². The minimum absolute atomic E-state index is 0.0233. The van der Waals surface area contributed by atoms with Crippen molar-refractivity contribution in [1.82, 2.24) is 0 Å². The minimum atomic E-state index is -0.255. The molecule has 5 nitrogen and oxygen atoms in total. The van der Waals surface area contributed by atoms with E-state index in [1.54, 1.807) is 0 Å². The fraction of sp³-hybridized carbons (Fsp3) is 0.667. The van der Waals surface area contributed by atoms with Crippen molar-refractivity contribution >= 4 is 11.9 Å². The van der Waals surface area contributed by atoms with Gasteiger partial charge in [-0.25, -0.2) is 4.79 Å². The summed E-state index contributed by atoms with van der Waals surface area (Å²) in [6, 6.07) is 9.64. The molecule has 0 aliphatic heterocycles. The number of nitrogens with zero attached hydrogens (tertiary/aromatic N) is 1. The number of esters is 2. The Labute approximate surface area is 175 Å². The number of hydrogen-bond donors (Lipinski definition) is 0. The van der Waals surface area contributed by atoms with Crippen LogP contribution >= 0.6 is 0 Å². The number of benzene rings is 1. The largest absolute Gasteiger partial charge is 0.462 e. The van der Waals surface area contributed by atoms with Gasteiger partial charge in [0, 0.05) is 5.41 Å². The zero-order valence-corrected chi connectivity index (χ0v) is 18.6. The molecule has 5 heteroatoms. The van der Waals surface area contributed by atoms with Gasteiger partial charge in [-0.15, -0.1) is 0 Å². The van der Waals surface area contributed by atoms with Crippen molar-refractivity contribution in [1.29, 1.82) is 0 Å². The van der Waals surface area contributed by atoms with E-state index in [0.717, 1.165) is 18.4 Å². The SMILES string of the molecule is CC1(C)[C@H]2CC[C@@]1(C)[C@H](OC(=O)CC[N+](C)(C)CC(=O)OCc1ccccc1)C2. The van der Waals surface area contributed by atoms with Crippen LogP contribution in [0.15, 0.2) is 30.3 Å². The van der Waals surface area contributed by atoms with Crippen molar-refractivity contribution in [2.45, 2.75) is 59.2 Å². The van der Waals surface area contributed by atoms with Crippen LogP contribution in [0.2, 0.25) is 0 Å². The fourth-order valence-electron chi connectivity index (χ4n) is 5.13. The fourth-order valence-corrected chi connectivity index (χ4v) is 5.13. The van der Waals surface area contributed by atoms with Crippen molar-refractivity contribution in [3.05, 3.63) is 35.9 Å². The highest BCUT2D eigenvalue weighted by molar-refractivity contribution is 5.71. The Balaban J connectivity index is 1.43. The molecule has 2 aliphatic carbocycles. The number of carbonyl (C=O) groups is 2. The maximum atomic E-state index is 12.5. The Kier molecular flexibility index (Phi) is 6.09. The summed E-state index contributed by atoms with van der Waals surface area (Å²) < 4.78 is 11.7. The van der Waals surface area contributed by atoms with Gasteiger partial charge in [0.1, 0.15) is 12.7 Å². The average molecular weight is 403 g/mol. The standard InChI is InChI=1S/C24H36NO4/c1-23(2)19-11-13-24(23,3)20(15-19)29-21(26)12-14-25(4,5)16-22(27)28-17-18-9-7-6-8-10-18/h6-10,19-20H,11-17H2,1-5H3/q+1/t19-,20+,24-/m0/s1. The van der Waals surface area contributed by atoms with E-state index in [1.807, 2.05) is 44.4 Å². The molecule has 2 fully saturated rings. The lowest BCUT2D eigenvalue weighted by atomic mass is 9.70. The van der Waals surface area contributed by atoms with Gasteiger partial charge in [-0.05, 0) is 36.2 Å². The molecule has 0 saturated heterocycles. The van der Waals surface area contributed by atoms with Crippen molar-refractivity contribution < 1.29 is 23.5 Å². The van der Waals surface area contributed by atoms with Gasteiger partial charge >= 0.3 is 11.9 Å². The van der Waals surface area contributed by atoms with Crippen LogP contribution in [0.5, 0.6) is 0 Å². The Hall–Kier alpha value is -1.88. The molecule has 2 saturated carbocycles. The summed E-state index contributed by atoms with van der Waals surface area (Å²) in [6.07, 6.45) is 3.70. The van der Waals surface area contributed by atoms with Crippen molar-refractivity contribution in [2.24, 2.45) is 16.7 Å². The Morgan fingerprint density at radius 2 is 1.79 bits per heavy atom. The smallest absolute Gasteiger partial charge is 0.362 e. The zero-order chi connectivity index (χ0) is 21.3. The molecule has 1 aromatic rings. The molecule has 0 amide bonds. The third-order valence-corrected chi connectivity index (χ3v) is 7.71. The normalized spacial score (nSPS) is 27.6. The molecule has 3 rings (SSSR count). The Morgan fingerprint density at radius 1 is 1.10 bits per heavy atom. The second-order valence-electron chi connectivity index (χ2n) is 10.3. The molecular formula is C24H36NO4+. The first kappa shape index (κ1) is 21.8. The number of carbonyl (C=O) groups excluding carboxylic acids is 2. The van der Waals surface area contributed by atoms with E-state index in [9.17, 15) is 9.59 Å². The van der Waals surface area contributed by atoms with Gasteiger partial charge in [0.05, 0.1) is 27.1 Å². The third-order valence-electron chi connectivity index (χ3n) is 7.71. The first-order chi connectivity index (χ1) is 13.5. The number of quaternary nitrogens is 1. The van der Waals surface area contributed by atoms with Crippen LogP contribution in [0.1, 0.15) is 52.0 Å². The van der Waals surface area contributed by atoms with Crippen LogP contribution in [0.25, 0.3) is 0 Å². The molecule has 1 aromatic carbocycles. The summed E-state index contributed by atoms with van der Waals surface area (Å²) in [5.41, 5.74) is 1.28. The second-order valence-corrected chi connectivity index (χ2v) is 10.3. The van der Waals surface area contributed by atoms with E-state index < -0.39 is 0 Å². The zero-order valence-electron chi connectivity index (χ0n) is 18.6. The second kappa shape index (κ2) is 8.10. The molecule has 0 N–H and O–H groups in total. The summed E-state index contributed by atoms with van der Waals surface area (Å²) in [4.78, 5) is 24.7. The first-order valence-corrected chi connectivity index (χ1v) is 10.7. The topological polar surface area (TPSA) is 52.6 Å². The van der Waals surface area contributed by atoms with Crippen LogP contribution in [0.4, 0.5) is 0 Å². The van der Waals surface area contributed by atoms with Crippen LogP contribution in [-0.4, -0.2) is 49.7 Å². The highest BCUT2D eigenvalue weighted by Crippen LogP contribution is 2.66. The quantitative estimate of drug-likeness (QED) is 0.488. The summed E-state index contributed by atoms with van der Waals surface area (Å²) in [5, 5.41) is 0. The first-order valence-electron chi connectivity index (χ1n) is 10.7. The van der Waals surface area contributed by atoms with Gasteiger partial charge < -0.3 is 14.0 Å². The van der Waals surface area contributed by atoms with E-state index in [1.165, 1.54) is 6.42 Å². The Bertz CT molecular complexity index is 743. The van der Waals surface area contributed by atoms with E-state index >= 15 is 0 Å². The van der Waals surface area contributed by atoms with Gasteiger partial charge in [0.2, 0.25) is 0 Å². The minimum Gasteiger partial charge on any atom is -0.462 e. The molecule has 2 aliphatic rings. The number of ether oxygens (including phenoxy) is 2. The van der Waals surface area contributed by atoms with E-state index in [2.05, 4.69) is 20.8 Å². The van der Waals surface area contributed by atoms with E-state index in [0.29, 0.717) is 23.4 Å². The third kappa shape index (κ3) is 4.66. The van der Waals surface area contributed by atoms with Crippen LogP contribution < -0.4 is 0 Å². The molecular weight excluding hydrogens is 366 g/mol. The highest BCUT2D eigenvalue weighted by Gasteiger charge is 2.62. The molecule has 0 heterocycles. The van der Waals surface area contributed by atoms with Crippen molar-refractivity contribution in [3.8, 4) is 0 Å². The Morgan fingerprint density at radius 3 is 2.38 bits per heavy atom. The molecule has 0 radical (unpaired) electrons. The molecule has 0 unspecified atom stereocenters. The van der Waals surface area contributed by atoms with Gasteiger partial charge in [-0.1, -0.05) is 51.1 Å². The summed E-state index contributed by atoms with van der Waals surface area (Å²) in [6.45, 7) is 7.98. The summed E-state index contributed by atoms with van der Waals surface area (Å²) >= 11 is 0. The number of hydrogen-bond acceptors (Lipinski definition) is 4. The summed E-state index contributed by atoms with van der Waals surface area (Å²) in [5.74, 6) is 0.245. The molecule has 0 spiro atoms. The predicted octanol–water partition coefficient (Wildman–Crippen LogP) is 3.95.